The van der Waals surface area contributed by atoms with Crippen molar-refractivity contribution in [2.75, 3.05) is 33.8 Å². The second-order valence-corrected chi connectivity index (χ2v) is 6.51. The van der Waals surface area contributed by atoms with Crippen LogP contribution in [0.3, 0.4) is 0 Å². The van der Waals surface area contributed by atoms with Gasteiger partial charge in [0, 0.05) is 19.6 Å². The standard InChI is InChI=1S/C18H30N2O/c1-4-19-14-18(11-5-6-12-18)15-20(2)13-16-7-9-17(21-3)10-8-16/h7-10,19H,4-6,11-15H2,1-3H3. The number of nitrogens with one attached hydrogen (secondary N) is 1. The predicted octanol–water partition coefficient (Wildman–Crippen LogP) is 3.30. The molecule has 0 atom stereocenters. The van der Waals surface area contributed by atoms with Crippen LogP contribution in [0.2, 0.25) is 0 Å². The first-order valence-corrected chi connectivity index (χ1v) is 8.20. The fourth-order valence-corrected chi connectivity index (χ4v) is 3.58. The van der Waals surface area contributed by atoms with Gasteiger partial charge in [0.05, 0.1) is 7.11 Å². The maximum absolute atomic E-state index is 5.22. The Morgan fingerprint density at radius 3 is 2.43 bits per heavy atom. The van der Waals surface area contributed by atoms with Crippen LogP contribution in [0, 0.1) is 5.41 Å². The van der Waals surface area contributed by atoms with E-state index in [4.69, 9.17) is 4.74 Å². The average Bonchev–Trinajstić information content (AvgIpc) is 2.94. The van der Waals surface area contributed by atoms with Gasteiger partial charge in [-0.1, -0.05) is 31.9 Å². The number of ether oxygens (including phenoxy) is 1. The van der Waals surface area contributed by atoms with E-state index in [9.17, 15) is 0 Å². The second-order valence-electron chi connectivity index (χ2n) is 6.51. The third-order valence-corrected chi connectivity index (χ3v) is 4.63. The van der Waals surface area contributed by atoms with E-state index in [1.54, 1.807) is 7.11 Å². The number of rotatable bonds is 8. The number of hydrogen-bond donors (Lipinski definition) is 1. The zero-order chi connectivity index (χ0) is 15.1. The summed E-state index contributed by atoms with van der Waals surface area (Å²) in [5.41, 5.74) is 1.84. The Balaban J connectivity index is 1.90. The number of hydrogen-bond acceptors (Lipinski definition) is 3. The quantitative estimate of drug-likeness (QED) is 0.795. The normalized spacial score (nSPS) is 17.3. The summed E-state index contributed by atoms with van der Waals surface area (Å²) in [6.45, 7) is 6.63. The molecule has 0 unspecified atom stereocenters. The lowest BCUT2D eigenvalue weighted by atomic mass is 9.85. The molecule has 1 N–H and O–H groups in total. The minimum absolute atomic E-state index is 0.483. The molecule has 3 heteroatoms. The number of nitrogens with zero attached hydrogens (tertiary/aromatic N) is 1. The van der Waals surface area contributed by atoms with Gasteiger partial charge in [0.25, 0.3) is 0 Å². The summed E-state index contributed by atoms with van der Waals surface area (Å²) in [6, 6.07) is 8.43. The topological polar surface area (TPSA) is 24.5 Å². The fraction of sp³-hybridized carbons (Fsp3) is 0.667. The summed E-state index contributed by atoms with van der Waals surface area (Å²) in [5.74, 6) is 0.931. The third-order valence-electron chi connectivity index (χ3n) is 4.63. The molecule has 0 saturated heterocycles. The molecule has 1 aromatic carbocycles. The highest BCUT2D eigenvalue weighted by Gasteiger charge is 2.34. The van der Waals surface area contributed by atoms with E-state index in [1.165, 1.54) is 37.8 Å². The molecule has 1 aliphatic rings. The van der Waals surface area contributed by atoms with Gasteiger partial charge >= 0.3 is 0 Å². The molecule has 0 aliphatic heterocycles. The fourth-order valence-electron chi connectivity index (χ4n) is 3.58. The van der Waals surface area contributed by atoms with Crippen LogP contribution < -0.4 is 10.1 Å². The van der Waals surface area contributed by atoms with Crippen LogP contribution in [0.4, 0.5) is 0 Å². The molecule has 118 valence electrons. The van der Waals surface area contributed by atoms with Gasteiger partial charge in [-0.25, -0.2) is 0 Å². The summed E-state index contributed by atoms with van der Waals surface area (Å²) in [6.07, 6.45) is 5.52. The summed E-state index contributed by atoms with van der Waals surface area (Å²) in [5, 5.41) is 3.57. The van der Waals surface area contributed by atoms with Crippen LogP contribution in [-0.2, 0) is 6.54 Å². The Bertz CT molecular complexity index is 410. The molecule has 1 saturated carbocycles. The molecule has 3 nitrogen and oxygen atoms in total. The molecule has 21 heavy (non-hydrogen) atoms. The molecule has 1 aromatic rings. The largest absolute Gasteiger partial charge is 0.497 e. The summed E-state index contributed by atoms with van der Waals surface area (Å²) in [7, 11) is 3.96. The highest BCUT2D eigenvalue weighted by atomic mass is 16.5. The van der Waals surface area contributed by atoms with Gasteiger partial charge in [-0.05, 0) is 49.5 Å². The monoisotopic (exact) mass is 290 g/mol. The van der Waals surface area contributed by atoms with Gasteiger partial charge in [0.2, 0.25) is 0 Å². The third kappa shape index (κ3) is 4.72. The van der Waals surface area contributed by atoms with Crippen molar-refractivity contribution in [1.29, 1.82) is 0 Å². The maximum atomic E-state index is 5.22. The van der Waals surface area contributed by atoms with E-state index < -0.39 is 0 Å². The summed E-state index contributed by atoms with van der Waals surface area (Å²) >= 11 is 0. The van der Waals surface area contributed by atoms with Crippen LogP contribution in [-0.4, -0.2) is 38.7 Å². The molecular weight excluding hydrogens is 260 g/mol. The zero-order valence-electron chi connectivity index (χ0n) is 13.8. The lowest BCUT2D eigenvalue weighted by molar-refractivity contribution is 0.168. The SMILES string of the molecule is CCNCC1(CN(C)Cc2ccc(OC)cc2)CCCC1. The molecule has 0 aromatic heterocycles. The Hall–Kier alpha value is -1.06. The van der Waals surface area contributed by atoms with Gasteiger partial charge in [-0.15, -0.1) is 0 Å². The summed E-state index contributed by atoms with van der Waals surface area (Å²) in [4.78, 5) is 2.48. The zero-order valence-corrected chi connectivity index (χ0v) is 13.8. The van der Waals surface area contributed by atoms with Crippen molar-refractivity contribution in [3.8, 4) is 5.75 Å². The Morgan fingerprint density at radius 1 is 1.19 bits per heavy atom. The number of benzene rings is 1. The van der Waals surface area contributed by atoms with E-state index in [0.717, 1.165) is 25.4 Å². The van der Waals surface area contributed by atoms with E-state index in [-0.39, 0.29) is 0 Å². The lowest BCUT2D eigenvalue weighted by Crippen LogP contribution is -2.41. The van der Waals surface area contributed by atoms with Crippen LogP contribution >= 0.6 is 0 Å². The highest BCUT2D eigenvalue weighted by Crippen LogP contribution is 2.38. The van der Waals surface area contributed by atoms with Crippen molar-refractivity contribution in [3.63, 3.8) is 0 Å². The molecule has 0 heterocycles. The molecule has 0 amide bonds. The van der Waals surface area contributed by atoms with Crippen molar-refractivity contribution >= 4 is 0 Å². The van der Waals surface area contributed by atoms with Crippen LogP contribution in [0.15, 0.2) is 24.3 Å². The first-order valence-electron chi connectivity index (χ1n) is 8.20. The highest BCUT2D eigenvalue weighted by molar-refractivity contribution is 5.27. The van der Waals surface area contributed by atoms with Crippen molar-refractivity contribution in [1.82, 2.24) is 10.2 Å². The first kappa shape index (κ1) is 16.3. The van der Waals surface area contributed by atoms with Crippen molar-refractivity contribution in [2.24, 2.45) is 5.41 Å². The van der Waals surface area contributed by atoms with Gasteiger partial charge < -0.3 is 15.0 Å². The van der Waals surface area contributed by atoms with Gasteiger partial charge in [0.1, 0.15) is 5.75 Å². The molecule has 0 radical (unpaired) electrons. The lowest BCUT2D eigenvalue weighted by Gasteiger charge is -2.34. The smallest absolute Gasteiger partial charge is 0.118 e. The van der Waals surface area contributed by atoms with Crippen molar-refractivity contribution < 1.29 is 4.74 Å². The van der Waals surface area contributed by atoms with Crippen molar-refractivity contribution in [3.05, 3.63) is 29.8 Å². The first-order chi connectivity index (χ1) is 10.2. The average molecular weight is 290 g/mol. The Morgan fingerprint density at radius 2 is 1.86 bits per heavy atom. The molecule has 0 spiro atoms. The van der Waals surface area contributed by atoms with Crippen LogP contribution in [0.5, 0.6) is 5.75 Å². The second kappa shape index (κ2) is 7.81. The van der Waals surface area contributed by atoms with Crippen molar-refractivity contribution in [2.45, 2.75) is 39.2 Å². The minimum atomic E-state index is 0.483. The van der Waals surface area contributed by atoms with Gasteiger partial charge in [0.15, 0.2) is 0 Å². The molecule has 1 fully saturated rings. The predicted molar refractivity (Wildman–Crippen MR) is 88.8 cm³/mol. The number of methoxy groups -OCH3 is 1. The van der Waals surface area contributed by atoms with E-state index >= 15 is 0 Å². The van der Waals surface area contributed by atoms with Crippen LogP contribution in [0.1, 0.15) is 38.2 Å². The van der Waals surface area contributed by atoms with Gasteiger partial charge in [-0.3, -0.25) is 0 Å². The molecule has 0 bridgehead atoms. The molecular formula is C18H30N2O. The molecule has 1 aliphatic carbocycles. The van der Waals surface area contributed by atoms with Gasteiger partial charge in [-0.2, -0.15) is 0 Å². The maximum Gasteiger partial charge on any atom is 0.118 e. The molecule has 2 rings (SSSR count). The Labute approximate surface area is 129 Å². The Kier molecular flexibility index (Phi) is 6.07. The van der Waals surface area contributed by atoms with Crippen LogP contribution in [0.25, 0.3) is 0 Å². The van der Waals surface area contributed by atoms with E-state index in [2.05, 4.69) is 36.3 Å². The minimum Gasteiger partial charge on any atom is -0.497 e. The van der Waals surface area contributed by atoms with E-state index in [1.807, 2.05) is 12.1 Å². The van der Waals surface area contributed by atoms with E-state index in [0.29, 0.717) is 5.41 Å². The summed E-state index contributed by atoms with van der Waals surface area (Å²) < 4.78 is 5.22.